The van der Waals surface area contributed by atoms with Gasteiger partial charge in [0.1, 0.15) is 5.75 Å². The summed E-state index contributed by atoms with van der Waals surface area (Å²) in [6.07, 6.45) is 8.06. The zero-order chi connectivity index (χ0) is 17.2. The van der Waals surface area contributed by atoms with E-state index in [1.54, 1.807) is 7.11 Å². The lowest BCUT2D eigenvalue weighted by atomic mass is 9.80. The largest absolute Gasteiger partial charge is 0.497 e. The fourth-order valence-electron chi connectivity index (χ4n) is 4.50. The number of ether oxygens (including phenoxy) is 1. The number of methoxy groups -OCH3 is 1. The molecule has 0 unspecified atom stereocenters. The SMILES string of the molecule is COc1ccc2c(c1)CCC[C@H]2CC(=O)N1CCC[C@H]1c1ccc[nH]1. The molecule has 2 aromatic rings. The van der Waals surface area contributed by atoms with Gasteiger partial charge in [0.25, 0.3) is 0 Å². The Bertz CT molecular complexity index is 738. The van der Waals surface area contributed by atoms with Crippen LogP contribution in [0.1, 0.15) is 60.9 Å². The fourth-order valence-corrected chi connectivity index (χ4v) is 4.50. The van der Waals surface area contributed by atoms with Gasteiger partial charge in [0.05, 0.1) is 13.2 Å². The number of hydrogen-bond acceptors (Lipinski definition) is 2. The highest BCUT2D eigenvalue weighted by molar-refractivity contribution is 5.78. The van der Waals surface area contributed by atoms with Crippen LogP contribution in [0.15, 0.2) is 36.5 Å². The number of aromatic nitrogens is 1. The molecule has 4 rings (SSSR count). The molecule has 1 aromatic heterocycles. The Kier molecular flexibility index (Phi) is 4.51. The number of likely N-dealkylation sites (tertiary alicyclic amines) is 1. The van der Waals surface area contributed by atoms with Gasteiger partial charge in [-0.2, -0.15) is 0 Å². The smallest absolute Gasteiger partial charge is 0.223 e. The van der Waals surface area contributed by atoms with Crippen LogP contribution in [0.3, 0.4) is 0 Å². The summed E-state index contributed by atoms with van der Waals surface area (Å²) in [5, 5.41) is 0. The zero-order valence-corrected chi connectivity index (χ0v) is 14.8. The summed E-state index contributed by atoms with van der Waals surface area (Å²) in [5.74, 6) is 1.55. The van der Waals surface area contributed by atoms with Crippen molar-refractivity contribution in [1.82, 2.24) is 9.88 Å². The lowest BCUT2D eigenvalue weighted by Gasteiger charge is -2.29. The maximum atomic E-state index is 13.0. The number of amides is 1. The Balaban J connectivity index is 1.50. The Morgan fingerprint density at radius 1 is 1.28 bits per heavy atom. The van der Waals surface area contributed by atoms with E-state index in [-0.39, 0.29) is 6.04 Å². The number of carbonyl (C=O) groups is 1. The lowest BCUT2D eigenvalue weighted by Crippen LogP contribution is -2.32. The molecule has 4 heteroatoms. The third-order valence-corrected chi connectivity index (χ3v) is 5.76. The van der Waals surface area contributed by atoms with Crippen molar-refractivity contribution < 1.29 is 9.53 Å². The molecule has 132 valence electrons. The Hall–Kier alpha value is -2.23. The third kappa shape index (κ3) is 3.17. The molecule has 0 radical (unpaired) electrons. The molecule has 1 fully saturated rings. The molecule has 1 aliphatic heterocycles. The molecular weight excluding hydrogens is 312 g/mol. The van der Waals surface area contributed by atoms with E-state index in [0.717, 1.165) is 44.4 Å². The molecule has 2 atom stereocenters. The number of nitrogens with zero attached hydrogens (tertiary/aromatic N) is 1. The van der Waals surface area contributed by atoms with Gasteiger partial charge in [0.2, 0.25) is 5.91 Å². The van der Waals surface area contributed by atoms with Crippen LogP contribution in [0.2, 0.25) is 0 Å². The molecule has 1 aromatic carbocycles. The van der Waals surface area contributed by atoms with Crippen LogP contribution >= 0.6 is 0 Å². The minimum Gasteiger partial charge on any atom is -0.497 e. The summed E-state index contributed by atoms with van der Waals surface area (Å²) in [4.78, 5) is 18.4. The van der Waals surface area contributed by atoms with Gasteiger partial charge in [0.15, 0.2) is 0 Å². The predicted octanol–water partition coefficient (Wildman–Crippen LogP) is 4.20. The van der Waals surface area contributed by atoms with Gasteiger partial charge >= 0.3 is 0 Å². The third-order valence-electron chi connectivity index (χ3n) is 5.76. The number of nitrogens with one attached hydrogen (secondary N) is 1. The van der Waals surface area contributed by atoms with E-state index >= 15 is 0 Å². The van der Waals surface area contributed by atoms with Gasteiger partial charge in [-0.1, -0.05) is 6.07 Å². The van der Waals surface area contributed by atoms with Crippen LogP contribution in [0.25, 0.3) is 0 Å². The number of H-pyrrole nitrogens is 1. The van der Waals surface area contributed by atoms with E-state index in [9.17, 15) is 4.79 Å². The monoisotopic (exact) mass is 338 g/mol. The molecule has 1 amide bonds. The van der Waals surface area contributed by atoms with Crippen LogP contribution in [-0.4, -0.2) is 29.4 Å². The molecule has 0 saturated carbocycles. The summed E-state index contributed by atoms with van der Waals surface area (Å²) in [6, 6.07) is 10.7. The minimum absolute atomic E-state index is 0.224. The Morgan fingerprint density at radius 2 is 2.20 bits per heavy atom. The van der Waals surface area contributed by atoms with E-state index in [1.165, 1.54) is 16.8 Å². The van der Waals surface area contributed by atoms with Gasteiger partial charge in [0, 0.05) is 24.9 Å². The lowest BCUT2D eigenvalue weighted by molar-refractivity contribution is -0.132. The number of aromatic amines is 1. The van der Waals surface area contributed by atoms with Gasteiger partial charge in [-0.3, -0.25) is 4.79 Å². The van der Waals surface area contributed by atoms with Crippen LogP contribution in [0.5, 0.6) is 5.75 Å². The highest BCUT2D eigenvalue weighted by Gasteiger charge is 2.32. The van der Waals surface area contributed by atoms with Gasteiger partial charge in [-0.05, 0) is 73.4 Å². The number of benzene rings is 1. The first-order chi connectivity index (χ1) is 12.3. The molecule has 1 saturated heterocycles. The number of fused-ring (bicyclic) bond motifs is 1. The van der Waals surface area contributed by atoms with Gasteiger partial charge in [-0.15, -0.1) is 0 Å². The van der Waals surface area contributed by atoms with E-state index in [4.69, 9.17) is 4.74 Å². The Labute approximate surface area is 149 Å². The van der Waals surface area contributed by atoms with Crippen molar-refractivity contribution >= 4 is 5.91 Å². The highest BCUT2D eigenvalue weighted by Crippen LogP contribution is 2.38. The first kappa shape index (κ1) is 16.2. The second-order valence-corrected chi connectivity index (χ2v) is 7.23. The molecule has 0 bridgehead atoms. The van der Waals surface area contributed by atoms with Crippen molar-refractivity contribution in [3.8, 4) is 5.75 Å². The average Bonchev–Trinajstić information content (AvgIpc) is 3.32. The van der Waals surface area contributed by atoms with Crippen molar-refractivity contribution in [1.29, 1.82) is 0 Å². The quantitative estimate of drug-likeness (QED) is 0.908. The maximum absolute atomic E-state index is 13.0. The summed E-state index contributed by atoms with van der Waals surface area (Å²) in [7, 11) is 1.71. The minimum atomic E-state index is 0.224. The molecule has 2 heterocycles. The normalized spacial score (nSPS) is 22.7. The van der Waals surface area contributed by atoms with Crippen LogP contribution in [0, 0.1) is 0 Å². The fraction of sp³-hybridized carbons (Fsp3) is 0.476. The molecule has 25 heavy (non-hydrogen) atoms. The van der Waals surface area contributed by atoms with Crippen LogP contribution in [-0.2, 0) is 11.2 Å². The number of rotatable bonds is 4. The highest BCUT2D eigenvalue weighted by atomic mass is 16.5. The number of hydrogen-bond donors (Lipinski definition) is 1. The standard InChI is InChI=1S/C21H26N2O2/c1-25-17-9-10-18-15(13-17)5-2-6-16(18)14-21(24)23-12-4-8-20(23)19-7-3-11-22-19/h3,7,9-11,13,16,20,22H,2,4-6,8,12,14H2,1H3/t16-,20-/m0/s1. The van der Waals surface area contributed by atoms with Gasteiger partial charge < -0.3 is 14.6 Å². The molecule has 2 aliphatic rings. The zero-order valence-electron chi connectivity index (χ0n) is 14.8. The molecule has 0 spiro atoms. The van der Waals surface area contributed by atoms with E-state index < -0.39 is 0 Å². The van der Waals surface area contributed by atoms with Crippen molar-refractivity contribution in [3.05, 3.63) is 53.3 Å². The molecule has 4 nitrogen and oxygen atoms in total. The Morgan fingerprint density at radius 3 is 3.00 bits per heavy atom. The first-order valence-electron chi connectivity index (χ1n) is 9.36. The number of carbonyl (C=O) groups excluding carboxylic acids is 1. The van der Waals surface area contributed by atoms with Crippen molar-refractivity contribution in [3.63, 3.8) is 0 Å². The first-order valence-corrected chi connectivity index (χ1v) is 9.36. The van der Waals surface area contributed by atoms with Crippen LogP contribution in [0.4, 0.5) is 0 Å². The van der Waals surface area contributed by atoms with Gasteiger partial charge in [-0.25, -0.2) is 0 Å². The summed E-state index contributed by atoms with van der Waals surface area (Å²) < 4.78 is 5.35. The van der Waals surface area contributed by atoms with Crippen LogP contribution < -0.4 is 4.74 Å². The second-order valence-electron chi connectivity index (χ2n) is 7.23. The van der Waals surface area contributed by atoms with E-state index in [0.29, 0.717) is 18.2 Å². The van der Waals surface area contributed by atoms with Crippen molar-refractivity contribution in [2.45, 2.75) is 50.5 Å². The molecule has 1 aliphatic carbocycles. The average molecular weight is 338 g/mol. The summed E-state index contributed by atoms with van der Waals surface area (Å²) in [6.45, 7) is 0.880. The molecule has 1 N–H and O–H groups in total. The molecular formula is C21H26N2O2. The van der Waals surface area contributed by atoms with Crippen molar-refractivity contribution in [2.24, 2.45) is 0 Å². The number of aryl methyl sites for hydroxylation is 1. The second kappa shape index (κ2) is 6.95. The maximum Gasteiger partial charge on any atom is 0.223 e. The van der Waals surface area contributed by atoms with E-state index in [2.05, 4.69) is 28.1 Å². The topological polar surface area (TPSA) is 45.3 Å². The summed E-state index contributed by atoms with van der Waals surface area (Å²) >= 11 is 0. The van der Waals surface area contributed by atoms with E-state index in [1.807, 2.05) is 18.3 Å². The predicted molar refractivity (Wildman–Crippen MR) is 97.8 cm³/mol. The summed E-state index contributed by atoms with van der Waals surface area (Å²) in [5.41, 5.74) is 3.86. The van der Waals surface area contributed by atoms with Crippen molar-refractivity contribution in [2.75, 3.05) is 13.7 Å².